The number of aromatic nitrogens is 1. The first kappa shape index (κ1) is 13.9. The standard InChI is InChI=1S/C15H27NOSi/c1-13(2)12-18(15-9-6-10-16-15)17-11-14-7-4-3-5-8-14/h6,9-10,13-14,16,18H,3-5,7-8,11-12H2,1-2H3. The van der Waals surface area contributed by atoms with Gasteiger partial charge >= 0.3 is 0 Å². The molecule has 0 saturated heterocycles. The maximum atomic E-state index is 6.34. The van der Waals surface area contributed by atoms with E-state index in [1.165, 1.54) is 43.5 Å². The number of rotatable bonds is 6. The van der Waals surface area contributed by atoms with Crippen molar-refractivity contribution in [3.05, 3.63) is 18.3 Å². The van der Waals surface area contributed by atoms with Crippen LogP contribution in [-0.2, 0) is 4.43 Å². The molecule has 102 valence electrons. The molecule has 1 aromatic rings. The van der Waals surface area contributed by atoms with E-state index < -0.39 is 9.04 Å². The normalized spacial score (nSPS) is 19.3. The molecule has 0 bridgehead atoms. The fourth-order valence-electron chi connectivity index (χ4n) is 2.86. The van der Waals surface area contributed by atoms with Gasteiger partial charge in [0.15, 0.2) is 0 Å². The Morgan fingerprint density at radius 2 is 2.11 bits per heavy atom. The van der Waals surface area contributed by atoms with Gasteiger partial charge in [0.25, 0.3) is 0 Å². The van der Waals surface area contributed by atoms with Crippen LogP contribution >= 0.6 is 0 Å². The molecule has 0 aliphatic heterocycles. The van der Waals surface area contributed by atoms with Crippen LogP contribution in [0.3, 0.4) is 0 Å². The lowest BCUT2D eigenvalue weighted by molar-refractivity contribution is 0.210. The van der Waals surface area contributed by atoms with Crippen LogP contribution in [0.5, 0.6) is 0 Å². The molecule has 1 aromatic heterocycles. The average molecular weight is 265 g/mol. The first-order chi connectivity index (χ1) is 8.75. The molecule has 1 heterocycles. The molecule has 0 spiro atoms. The molecule has 1 aliphatic rings. The van der Waals surface area contributed by atoms with Crippen molar-refractivity contribution in [1.82, 2.24) is 4.98 Å². The summed E-state index contributed by atoms with van der Waals surface area (Å²) in [7, 11) is -1.23. The highest BCUT2D eigenvalue weighted by Crippen LogP contribution is 2.24. The predicted octanol–water partition coefficient (Wildman–Crippen LogP) is 3.20. The van der Waals surface area contributed by atoms with E-state index in [0.29, 0.717) is 0 Å². The van der Waals surface area contributed by atoms with Crippen molar-refractivity contribution in [2.24, 2.45) is 11.8 Å². The Labute approximate surface area is 113 Å². The van der Waals surface area contributed by atoms with Gasteiger partial charge in [-0.15, -0.1) is 0 Å². The number of H-pyrrole nitrogens is 1. The van der Waals surface area contributed by atoms with E-state index in [9.17, 15) is 0 Å². The Bertz CT molecular complexity index is 317. The highest BCUT2D eigenvalue weighted by Gasteiger charge is 2.20. The maximum absolute atomic E-state index is 6.34. The molecule has 3 heteroatoms. The summed E-state index contributed by atoms with van der Waals surface area (Å²) < 4.78 is 6.34. The molecule has 0 radical (unpaired) electrons. The van der Waals surface area contributed by atoms with Crippen LogP contribution < -0.4 is 5.32 Å². The van der Waals surface area contributed by atoms with Gasteiger partial charge in [0.2, 0.25) is 9.04 Å². The van der Waals surface area contributed by atoms with Crippen LogP contribution in [-0.4, -0.2) is 20.6 Å². The average Bonchev–Trinajstić information content (AvgIpc) is 2.89. The summed E-state index contributed by atoms with van der Waals surface area (Å²) in [6, 6.07) is 5.55. The van der Waals surface area contributed by atoms with Gasteiger partial charge in [-0.3, -0.25) is 0 Å². The lowest BCUT2D eigenvalue weighted by Crippen LogP contribution is -2.37. The first-order valence-corrected chi connectivity index (χ1v) is 9.37. The highest BCUT2D eigenvalue weighted by molar-refractivity contribution is 6.66. The van der Waals surface area contributed by atoms with E-state index in [-0.39, 0.29) is 0 Å². The summed E-state index contributed by atoms with van der Waals surface area (Å²) in [5, 5.41) is 1.37. The van der Waals surface area contributed by atoms with E-state index in [0.717, 1.165) is 18.4 Å². The number of hydrogen-bond donors (Lipinski definition) is 1. The molecule has 0 aromatic carbocycles. The number of nitrogens with one attached hydrogen (secondary N) is 1. The highest BCUT2D eigenvalue weighted by atomic mass is 28.3. The van der Waals surface area contributed by atoms with Crippen molar-refractivity contribution in [3.8, 4) is 0 Å². The van der Waals surface area contributed by atoms with Crippen LogP contribution in [0.1, 0.15) is 46.0 Å². The van der Waals surface area contributed by atoms with Crippen molar-refractivity contribution in [3.63, 3.8) is 0 Å². The second-order valence-electron chi connectivity index (χ2n) is 6.08. The zero-order valence-corrected chi connectivity index (χ0v) is 13.0. The zero-order valence-electron chi connectivity index (χ0n) is 11.8. The Balaban J connectivity index is 1.84. The third-order valence-electron chi connectivity index (χ3n) is 3.91. The molecule has 2 rings (SSSR count). The third-order valence-corrected chi connectivity index (χ3v) is 6.93. The van der Waals surface area contributed by atoms with Crippen LogP contribution in [0.15, 0.2) is 18.3 Å². The zero-order chi connectivity index (χ0) is 12.8. The van der Waals surface area contributed by atoms with E-state index in [2.05, 4.69) is 31.0 Å². The van der Waals surface area contributed by atoms with E-state index >= 15 is 0 Å². The second kappa shape index (κ2) is 7.15. The second-order valence-corrected chi connectivity index (χ2v) is 8.49. The molecule has 1 atom stereocenters. The molecule has 1 saturated carbocycles. The van der Waals surface area contributed by atoms with Gasteiger partial charge in [0.1, 0.15) is 0 Å². The van der Waals surface area contributed by atoms with Gasteiger partial charge in [0, 0.05) is 18.1 Å². The smallest absolute Gasteiger partial charge is 0.224 e. The third kappa shape index (κ3) is 4.29. The van der Waals surface area contributed by atoms with E-state index in [4.69, 9.17) is 4.43 Å². The Morgan fingerprint density at radius 3 is 2.72 bits per heavy atom. The fraction of sp³-hybridized carbons (Fsp3) is 0.733. The fourth-order valence-corrected chi connectivity index (χ4v) is 5.40. The first-order valence-electron chi connectivity index (χ1n) is 7.50. The Hall–Kier alpha value is -0.543. The van der Waals surface area contributed by atoms with Crippen molar-refractivity contribution in [1.29, 1.82) is 0 Å². The van der Waals surface area contributed by atoms with Crippen molar-refractivity contribution in [2.45, 2.75) is 52.0 Å². The Morgan fingerprint density at radius 1 is 1.33 bits per heavy atom. The van der Waals surface area contributed by atoms with Crippen molar-refractivity contribution in [2.75, 3.05) is 6.61 Å². The van der Waals surface area contributed by atoms with Gasteiger partial charge < -0.3 is 9.41 Å². The van der Waals surface area contributed by atoms with Gasteiger partial charge in [-0.2, -0.15) is 0 Å². The largest absolute Gasteiger partial charge is 0.414 e. The maximum Gasteiger partial charge on any atom is 0.224 e. The number of hydrogen-bond acceptors (Lipinski definition) is 1. The molecule has 1 N–H and O–H groups in total. The molecule has 1 aliphatic carbocycles. The minimum atomic E-state index is -1.23. The van der Waals surface area contributed by atoms with E-state index in [1.54, 1.807) is 0 Å². The van der Waals surface area contributed by atoms with Gasteiger partial charge in [0.05, 0.1) is 0 Å². The van der Waals surface area contributed by atoms with Crippen molar-refractivity contribution >= 4 is 14.4 Å². The molecule has 1 fully saturated rings. The monoisotopic (exact) mass is 265 g/mol. The van der Waals surface area contributed by atoms with E-state index in [1.807, 2.05) is 6.20 Å². The number of aromatic amines is 1. The lowest BCUT2D eigenvalue weighted by Gasteiger charge is -2.25. The molecule has 1 unspecified atom stereocenters. The summed E-state index contributed by atoms with van der Waals surface area (Å²) >= 11 is 0. The SMILES string of the molecule is CC(C)C[SiH](OCC1CCCCC1)c1ccc[nH]1. The lowest BCUT2D eigenvalue weighted by atomic mass is 9.90. The minimum absolute atomic E-state index is 0.733. The predicted molar refractivity (Wildman–Crippen MR) is 79.7 cm³/mol. The van der Waals surface area contributed by atoms with Gasteiger partial charge in [-0.05, 0) is 42.9 Å². The molecular weight excluding hydrogens is 238 g/mol. The molecule has 18 heavy (non-hydrogen) atoms. The summed E-state index contributed by atoms with van der Waals surface area (Å²) in [5.41, 5.74) is 0. The van der Waals surface area contributed by atoms with Crippen LogP contribution in [0.4, 0.5) is 0 Å². The van der Waals surface area contributed by atoms with Crippen molar-refractivity contribution < 1.29 is 4.43 Å². The topological polar surface area (TPSA) is 25.0 Å². The summed E-state index contributed by atoms with van der Waals surface area (Å²) in [4.78, 5) is 3.37. The van der Waals surface area contributed by atoms with Gasteiger partial charge in [-0.1, -0.05) is 33.1 Å². The quantitative estimate of drug-likeness (QED) is 0.785. The Kier molecular flexibility index (Phi) is 5.51. The minimum Gasteiger partial charge on any atom is -0.414 e. The molecule has 0 amide bonds. The van der Waals surface area contributed by atoms with Crippen LogP contribution in [0.25, 0.3) is 0 Å². The molecule has 2 nitrogen and oxygen atoms in total. The summed E-state index contributed by atoms with van der Waals surface area (Å²) in [6.07, 6.45) is 9.04. The van der Waals surface area contributed by atoms with Gasteiger partial charge in [-0.25, -0.2) is 0 Å². The van der Waals surface area contributed by atoms with Crippen LogP contribution in [0.2, 0.25) is 6.04 Å². The van der Waals surface area contributed by atoms with Crippen LogP contribution in [0, 0.1) is 11.8 Å². The summed E-state index contributed by atoms with van der Waals surface area (Å²) in [6.45, 7) is 5.60. The summed E-state index contributed by atoms with van der Waals surface area (Å²) in [5.74, 6) is 1.56. The molecular formula is C15H27NOSi.